The van der Waals surface area contributed by atoms with E-state index >= 15 is 0 Å². The summed E-state index contributed by atoms with van der Waals surface area (Å²) in [5.41, 5.74) is 2.25. The first kappa shape index (κ1) is 15.8. The van der Waals surface area contributed by atoms with Gasteiger partial charge in [0.1, 0.15) is 11.9 Å². The van der Waals surface area contributed by atoms with Crippen molar-refractivity contribution in [1.82, 2.24) is 5.32 Å². The summed E-state index contributed by atoms with van der Waals surface area (Å²) in [7, 11) is 0. The summed E-state index contributed by atoms with van der Waals surface area (Å²) >= 11 is 3.55. The Bertz CT molecular complexity index is 462. The highest BCUT2D eigenvalue weighted by Gasteiger charge is 2.28. The zero-order valence-electron chi connectivity index (χ0n) is 12.4. The van der Waals surface area contributed by atoms with Crippen LogP contribution >= 0.6 is 15.9 Å². The first-order chi connectivity index (χ1) is 9.47. The van der Waals surface area contributed by atoms with Crippen LogP contribution in [0.4, 0.5) is 0 Å². The van der Waals surface area contributed by atoms with Gasteiger partial charge in [-0.15, -0.1) is 0 Å². The lowest BCUT2D eigenvalue weighted by Gasteiger charge is -2.22. The van der Waals surface area contributed by atoms with E-state index in [-0.39, 0.29) is 12.2 Å². The quantitative estimate of drug-likeness (QED) is 0.860. The third kappa shape index (κ3) is 3.96. The van der Waals surface area contributed by atoms with E-state index in [1.54, 1.807) is 0 Å². The second kappa shape index (κ2) is 6.92. The lowest BCUT2D eigenvalue weighted by atomic mass is 10.1. The maximum Gasteiger partial charge on any atom is 0.127 e. The van der Waals surface area contributed by atoms with E-state index in [9.17, 15) is 5.11 Å². The van der Waals surface area contributed by atoms with Crippen molar-refractivity contribution in [2.75, 3.05) is 0 Å². The summed E-state index contributed by atoms with van der Waals surface area (Å²) < 4.78 is 7.19. The van der Waals surface area contributed by atoms with E-state index in [2.05, 4.69) is 54.2 Å². The Morgan fingerprint density at radius 3 is 2.75 bits per heavy atom. The third-order valence-corrected chi connectivity index (χ3v) is 4.16. The minimum absolute atomic E-state index is 0.0623. The Balaban J connectivity index is 2.20. The number of nitrogens with one attached hydrogen (secondary N) is 1. The highest BCUT2D eigenvalue weighted by molar-refractivity contribution is 9.10. The molecule has 1 fully saturated rings. The number of hydrogen-bond acceptors (Lipinski definition) is 3. The lowest BCUT2D eigenvalue weighted by Crippen LogP contribution is -2.27. The third-order valence-electron chi connectivity index (χ3n) is 3.70. The van der Waals surface area contributed by atoms with Crippen LogP contribution in [0.1, 0.15) is 44.2 Å². The molecular weight excluding hydrogens is 318 g/mol. The molecule has 1 aliphatic rings. The van der Waals surface area contributed by atoms with Gasteiger partial charge in [0, 0.05) is 22.6 Å². The average molecular weight is 342 g/mol. The van der Waals surface area contributed by atoms with Crippen LogP contribution in [0.5, 0.6) is 5.75 Å². The first-order valence-corrected chi connectivity index (χ1v) is 8.14. The number of hydrogen-bond donors (Lipinski definition) is 2. The predicted octanol–water partition coefficient (Wildman–Crippen LogP) is 3.55. The molecule has 2 atom stereocenters. The molecule has 20 heavy (non-hydrogen) atoms. The van der Waals surface area contributed by atoms with Gasteiger partial charge in [0.2, 0.25) is 0 Å². The van der Waals surface area contributed by atoms with E-state index < -0.39 is 0 Å². The molecule has 2 rings (SSSR count). The maximum atomic E-state index is 9.95. The van der Waals surface area contributed by atoms with E-state index in [1.807, 2.05) is 0 Å². The van der Waals surface area contributed by atoms with Gasteiger partial charge in [-0.05, 0) is 43.9 Å². The zero-order chi connectivity index (χ0) is 14.7. The number of rotatable bonds is 5. The van der Waals surface area contributed by atoms with Crippen molar-refractivity contribution in [3.8, 4) is 5.75 Å². The van der Waals surface area contributed by atoms with Crippen LogP contribution in [0.2, 0.25) is 0 Å². The molecule has 0 spiro atoms. The number of benzene rings is 1. The molecule has 2 unspecified atom stereocenters. The molecular formula is C16H24BrNO2. The van der Waals surface area contributed by atoms with Crippen molar-refractivity contribution in [1.29, 1.82) is 0 Å². The molecule has 1 saturated carbocycles. The zero-order valence-corrected chi connectivity index (χ0v) is 14.0. The second-order valence-electron chi connectivity index (χ2n) is 5.90. The minimum Gasteiger partial charge on any atom is -0.487 e. The predicted molar refractivity (Wildman–Crippen MR) is 85.1 cm³/mol. The molecule has 1 aromatic carbocycles. The van der Waals surface area contributed by atoms with Gasteiger partial charge in [0.15, 0.2) is 0 Å². The molecule has 1 aromatic rings. The summed E-state index contributed by atoms with van der Waals surface area (Å²) in [4.78, 5) is 0. The molecule has 3 nitrogen and oxygen atoms in total. The Kier molecular flexibility index (Phi) is 5.47. The van der Waals surface area contributed by atoms with Crippen molar-refractivity contribution in [3.05, 3.63) is 27.7 Å². The number of halogens is 1. The molecule has 0 aliphatic heterocycles. The van der Waals surface area contributed by atoms with E-state index in [0.29, 0.717) is 6.04 Å². The Labute approximate surface area is 129 Å². The molecule has 0 bridgehead atoms. The Morgan fingerprint density at radius 1 is 1.40 bits per heavy atom. The first-order valence-electron chi connectivity index (χ1n) is 7.34. The molecule has 0 saturated heterocycles. The van der Waals surface area contributed by atoms with Gasteiger partial charge in [-0.25, -0.2) is 0 Å². The van der Waals surface area contributed by atoms with E-state index in [4.69, 9.17) is 4.74 Å². The van der Waals surface area contributed by atoms with E-state index in [0.717, 1.165) is 47.2 Å². The van der Waals surface area contributed by atoms with Crippen LogP contribution < -0.4 is 10.1 Å². The summed E-state index contributed by atoms with van der Waals surface area (Å²) in [6.07, 6.45) is 2.44. The molecule has 2 N–H and O–H groups in total. The van der Waals surface area contributed by atoms with Crippen LogP contribution in [0, 0.1) is 6.92 Å². The van der Waals surface area contributed by atoms with Crippen molar-refractivity contribution in [2.24, 2.45) is 0 Å². The lowest BCUT2D eigenvalue weighted by molar-refractivity contribution is 0.0592. The largest absolute Gasteiger partial charge is 0.487 e. The highest BCUT2D eigenvalue weighted by Crippen LogP contribution is 2.32. The molecule has 1 aliphatic carbocycles. The highest BCUT2D eigenvalue weighted by atomic mass is 79.9. The van der Waals surface area contributed by atoms with Crippen LogP contribution in [0.15, 0.2) is 16.6 Å². The standard InChI is InChI=1S/C16H24BrNO2/c1-10(2)18-9-12-8-13(17)7-11(3)16(12)20-15-6-4-5-14(15)19/h7-8,10,14-15,18-19H,4-6,9H2,1-3H3. The second-order valence-corrected chi connectivity index (χ2v) is 6.82. The SMILES string of the molecule is Cc1cc(Br)cc(CNC(C)C)c1OC1CCCC1O. The maximum absolute atomic E-state index is 9.95. The number of aliphatic hydroxyl groups excluding tert-OH is 1. The summed E-state index contributed by atoms with van der Waals surface area (Å²) in [5.74, 6) is 0.923. The molecule has 0 aromatic heterocycles. The molecule has 0 amide bonds. The molecule has 4 heteroatoms. The normalized spacial score (nSPS) is 22.5. The minimum atomic E-state index is -0.330. The van der Waals surface area contributed by atoms with Crippen molar-refractivity contribution in [3.63, 3.8) is 0 Å². The molecule has 0 heterocycles. The fraction of sp³-hybridized carbons (Fsp3) is 0.625. The van der Waals surface area contributed by atoms with Gasteiger partial charge in [-0.2, -0.15) is 0 Å². The van der Waals surface area contributed by atoms with Crippen LogP contribution in [-0.4, -0.2) is 23.4 Å². The monoisotopic (exact) mass is 341 g/mol. The number of ether oxygens (including phenoxy) is 1. The number of aliphatic hydroxyl groups is 1. The van der Waals surface area contributed by atoms with Crippen molar-refractivity contribution >= 4 is 15.9 Å². The molecule has 0 radical (unpaired) electrons. The van der Waals surface area contributed by atoms with Crippen molar-refractivity contribution < 1.29 is 9.84 Å². The van der Waals surface area contributed by atoms with Gasteiger partial charge in [0.05, 0.1) is 6.10 Å². The Morgan fingerprint density at radius 2 is 2.15 bits per heavy atom. The fourth-order valence-electron chi connectivity index (χ4n) is 2.61. The van der Waals surface area contributed by atoms with E-state index in [1.165, 1.54) is 0 Å². The van der Waals surface area contributed by atoms with Gasteiger partial charge in [-0.3, -0.25) is 0 Å². The summed E-state index contributed by atoms with van der Waals surface area (Å²) in [6.45, 7) is 7.09. The average Bonchev–Trinajstić information content (AvgIpc) is 2.76. The smallest absolute Gasteiger partial charge is 0.127 e. The van der Waals surface area contributed by atoms with Gasteiger partial charge < -0.3 is 15.2 Å². The van der Waals surface area contributed by atoms with Gasteiger partial charge in [-0.1, -0.05) is 29.8 Å². The van der Waals surface area contributed by atoms with Gasteiger partial charge in [0.25, 0.3) is 0 Å². The summed E-state index contributed by atoms with van der Waals surface area (Å²) in [5, 5.41) is 13.4. The summed E-state index contributed by atoms with van der Waals surface area (Å²) in [6, 6.07) is 4.59. The van der Waals surface area contributed by atoms with Crippen LogP contribution in [-0.2, 0) is 6.54 Å². The topological polar surface area (TPSA) is 41.5 Å². The van der Waals surface area contributed by atoms with Crippen LogP contribution in [0.25, 0.3) is 0 Å². The van der Waals surface area contributed by atoms with Crippen molar-refractivity contribution in [2.45, 2.75) is 64.8 Å². The fourth-order valence-corrected chi connectivity index (χ4v) is 3.23. The number of aryl methyl sites for hydroxylation is 1. The molecule has 112 valence electrons. The van der Waals surface area contributed by atoms with Gasteiger partial charge >= 0.3 is 0 Å². The Hall–Kier alpha value is -0.580. The van der Waals surface area contributed by atoms with Crippen LogP contribution in [0.3, 0.4) is 0 Å².